The Morgan fingerprint density at radius 1 is 0.886 bits per heavy atom. The Morgan fingerprint density at radius 3 is 2.23 bits per heavy atom. The first kappa shape index (κ1) is 24.4. The molecule has 4 rings (SSSR count). The van der Waals surface area contributed by atoms with Crippen LogP contribution >= 0.6 is 0 Å². The summed E-state index contributed by atoms with van der Waals surface area (Å²) in [5.41, 5.74) is 1.72. The van der Waals surface area contributed by atoms with Crippen molar-refractivity contribution in [2.24, 2.45) is 0 Å². The molecular weight excluding hydrogens is 457 g/mol. The summed E-state index contributed by atoms with van der Waals surface area (Å²) >= 11 is 0. The molecule has 0 N–H and O–H groups in total. The molecule has 1 aromatic heterocycles. The van der Waals surface area contributed by atoms with Crippen LogP contribution in [0.2, 0.25) is 0 Å². The second kappa shape index (κ2) is 9.13. The summed E-state index contributed by atoms with van der Waals surface area (Å²) in [5.74, 6) is -2.00. The molecule has 0 amide bonds. The summed E-state index contributed by atoms with van der Waals surface area (Å²) in [6, 6.07) is 18.5. The third-order valence-electron chi connectivity index (χ3n) is 5.51. The van der Waals surface area contributed by atoms with Crippen molar-refractivity contribution in [1.29, 1.82) is 0 Å². The second-order valence-corrected chi connectivity index (χ2v) is 9.40. The normalized spacial score (nSPS) is 12.1. The second-order valence-electron chi connectivity index (χ2n) is 9.40. The number of fused-ring (bicyclic) bond motifs is 1. The predicted octanol–water partition coefficient (Wildman–Crippen LogP) is 7.79. The molecule has 0 saturated carbocycles. The molecule has 3 aromatic carbocycles. The molecule has 1 heterocycles. The van der Waals surface area contributed by atoms with Crippen LogP contribution in [0, 0.1) is 6.92 Å². The van der Waals surface area contributed by atoms with E-state index in [1.165, 1.54) is 35.9 Å². The molecule has 0 unspecified atom stereocenters. The lowest BCUT2D eigenvalue weighted by Gasteiger charge is -2.19. The Balaban J connectivity index is 1.65. The highest BCUT2D eigenvalue weighted by molar-refractivity contribution is 5.79. The Morgan fingerprint density at radius 2 is 1.60 bits per heavy atom. The standard InChI is InChI=1S/C28H25F3O4/c1-17-6-5-7-21(14-17)34-25-24(32)22-13-12-20(15-23(22)35-26(25)28(29,30)31)33-16-18-8-10-19(11-9-18)27(2,3)4/h5-15H,16H2,1-4H3. The van der Waals surface area contributed by atoms with Gasteiger partial charge in [-0.1, -0.05) is 57.2 Å². The minimum Gasteiger partial charge on any atom is -0.489 e. The van der Waals surface area contributed by atoms with Gasteiger partial charge in [0, 0.05) is 6.07 Å². The summed E-state index contributed by atoms with van der Waals surface area (Å²) in [4.78, 5) is 13.0. The van der Waals surface area contributed by atoms with Gasteiger partial charge in [0.15, 0.2) is 0 Å². The number of ether oxygens (including phenoxy) is 2. The van der Waals surface area contributed by atoms with Crippen molar-refractivity contribution in [2.45, 2.75) is 45.9 Å². The van der Waals surface area contributed by atoms with Gasteiger partial charge in [0.25, 0.3) is 5.76 Å². The third kappa shape index (κ3) is 5.50. The van der Waals surface area contributed by atoms with Crippen molar-refractivity contribution in [3.8, 4) is 17.2 Å². The summed E-state index contributed by atoms with van der Waals surface area (Å²) in [6.45, 7) is 8.33. The van der Waals surface area contributed by atoms with Crippen LogP contribution in [0.3, 0.4) is 0 Å². The summed E-state index contributed by atoms with van der Waals surface area (Å²) in [5, 5.41) is -0.0393. The largest absolute Gasteiger partial charge is 0.489 e. The fraction of sp³-hybridized carbons (Fsp3) is 0.250. The molecule has 0 aliphatic carbocycles. The quantitative estimate of drug-likeness (QED) is 0.291. The summed E-state index contributed by atoms with van der Waals surface area (Å²) < 4.78 is 57.6. The van der Waals surface area contributed by atoms with E-state index in [-0.39, 0.29) is 34.5 Å². The number of alkyl halides is 3. The maximum atomic E-state index is 13.8. The van der Waals surface area contributed by atoms with Crippen LogP contribution in [0.5, 0.6) is 17.2 Å². The summed E-state index contributed by atoms with van der Waals surface area (Å²) in [7, 11) is 0. The van der Waals surface area contributed by atoms with Gasteiger partial charge in [-0.05, 0) is 53.3 Å². The maximum Gasteiger partial charge on any atom is 0.453 e. The van der Waals surface area contributed by atoms with E-state index in [1.807, 2.05) is 24.3 Å². The van der Waals surface area contributed by atoms with E-state index < -0.39 is 23.1 Å². The number of rotatable bonds is 5. The van der Waals surface area contributed by atoms with Gasteiger partial charge in [-0.15, -0.1) is 0 Å². The molecule has 0 saturated heterocycles. The van der Waals surface area contributed by atoms with Gasteiger partial charge in [0.1, 0.15) is 23.7 Å². The number of halogens is 3. The highest BCUT2D eigenvalue weighted by atomic mass is 19.4. The van der Waals surface area contributed by atoms with Gasteiger partial charge in [-0.25, -0.2) is 0 Å². The zero-order chi connectivity index (χ0) is 25.4. The van der Waals surface area contributed by atoms with Crippen LogP contribution in [0.25, 0.3) is 11.0 Å². The fourth-order valence-corrected chi connectivity index (χ4v) is 3.59. The molecule has 7 heteroatoms. The topological polar surface area (TPSA) is 48.7 Å². The first-order valence-electron chi connectivity index (χ1n) is 11.1. The number of hydrogen-bond donors (Lipinski definition) is 0. The van der Waals surface area contributed by atoms with Crippen molar-refractivity contribution >= 4 is 11.0 Å². The van der Waals surface area contributed by atoms with Gasteiger partial charge in [-0.2, -0.15) is 13.2 Å². The zero-order valence-electron chi connectivity index (χ0n) is 19.8. The van der Waals surface area contributed by atoms with Crippen LogP contribution in [0.15, 0.2) is 75.9 Å². The number of benzene rings is 3. The lowest BCUT2D eigenvalue weighted by molar-refractivity contribution is -0.154. The lowest BCUT2D eigenvalue weighted by Crippen LogP contribution is -2.15. The van der Waals surface area contributed by atoms with Crippen LogP contribution in [-0.2, 0) is 18.2 Å². The fourth-order valence-electron chi connectivity index (χ4n) is 3.59. The molecule has 4 nitrogen and oxygen atoms in total. The van der Waals surface area contributed by atoms with Crippen molar-refractivity contribution < 1.29 is 27.1 Å². The van der Waals surface area contributed by atoms with Crippen LogP contribution < -0.4 is 14.9 Å². The molecule has 0 fully saturated rings. The molecule has 0 aliphatic rings. The molecule has 0 radical (unpaired) electrons. The van der Waals surface area contributed by atoms with Crippen LogP contribution in [0.1, 0.15) is 43.2 Å². The van der Waals surface area contributed by atoms with E-state index in [2.05, 4.69) is 20.8 Å². The Bertz CT molecular complexity index is 1410. The highest BCUT2D eigenvalue weighted by Crippen LogP contribution is 2.38. The predicted molar refractivity (Wildman–Crippen MR) is 128 cm³/mol. The van der Waals surface area contributed by atoms with Gasteiger partial charge in [-0.3, -0.25) is 4.79 Å². The van der Waals surface area contributed by atoms with E-state index in [9.17, 15) is 18.0 Å². The lowest BCUT2D eigenvalue weighted by atomic mass is 9.87. The minimum absolute atomic E-state index is 0.0212. The van der Waals surface area contributed by atoms with Gasteiger partial charge >= 0.3 is 6.18 Å². The molecule has 0 aliphatic heterocycles. The first-order chi connectivity index (χ1) is 16.4. The van der Waals surface area contributed by atoms with Crippen LogP contribution in [0.4, 0.5) is 13.2 Å². The minimum atomic E-state index is -4.93. The Hall–Kier alpha value is -3.74. The van der Waals surface area contributed by atoms with E-state index in [4.69, 9.17) is 13.9 Å². The molecule has 0 spiro atoms. The molecule has 0 atom stereocenters. The van der Waals surface area contributed by atoms with E-state index >= 15 is 0 Å². The summed E-state index contributed by atoms with van der Waals surface area (Å²) in [6.07, 6.45) is -4.93. The average Bonchev–Trinajstić information content (AvgIpc) is 2.78. The van der Waals surface area contributed by atoms with E-state index in [1.54, 1.807) is 19.1 Å². The number of hydrogen-bond acceptors (Lipinski definition) is 4. The smallest absolute Gasteiger partial charge is 0.453 e. The van der Waals surface area contributed by atoms with Gasteiger partial charge in [0.05, 0.1) is 5.39 Å². The average molecular weight is 482 g/mol. The van der Waals surface area contributed by atoms with Gasteiger partial charge < -0.3 is 13.9 Å². The maximum absolute atomic E-state index is 13.8. The van der Waals surface area contributed by atoms with Crippen LogP contribution in [-0.4, -0.2) is 0 Å². The highest BCUT2D eigenvalue weighted by Gasteiger charge is 2.40. The van der Waals surface area contributed by atoms with Crippen molar-refractivity contribution in [2.75, 3.05) is 0 Å². The monoisotopic (exact) mass is 482 g/mol. The van der Waals surface area contributed by atoms with E-state index in [0.29, 0.717) is 0 Å². The SMILES string of the molecule is Cc1cccc(Oc2c(C(F)(F)F)oc3cc(OCc4ccc(C(C)(C)C)cc4)ccc3c2=O)c1. The zero-order valence-corrected chi connectivity index (χ0v) is 19.8. The van der Waals surface area contributed by atoms with Gasteiger partial charge in [0.2, 0.25) is 11.2 Å². The number of aryl methyl sites for hydroxylation is 1. The molecule has 182 valence electrons. The molecule has 0 bridgehead atoms. The van der Waals surface area contributed by atoms with E-state index in [0.717, 1.165) is 11.1 Å². The molecular formula is C28H25F3O4. The van der Waals surface area contributed by atoms with Crippen molar-refractivity contribution in [3.05, 3.63) is 99.4 Å². The molecule has 35 heavy (non-hydrogen) atoms. The Kier molecular flexibility index (Phi) is 6.36. The van der Waals surface area contributed by atoms with Crippen molar-refractivity contribution in [1.82, 2.24) is 0 Å². The van der Waals surface area contributed by atoms with Crippen molar-refractivity contribution in [3.63, 3.8) is 0 Å². The first-order valence-corrected chi connectivity index (χ1v) is 11.1. The Labute approximate surface area is 200 Å². The third-order valence-corrected chi connectivity index (χ3v) is 5.51. The molecule has 4 aromatic rings.